The molecule has 0 spiro atoms. The van der Waals surface area contributed by atoms with Crippen molar-refractivity contribution >= 4 is 17.4 Å². The molecule has 0 saturated carbocycles. The number of benzene rings is 1. The van der Waals surface area contributed by atoms with Crippen LogP contribution in [0.1, 0.15) is 0 Å². The van der Waals surface area contributed by atoms with E-state index < -0.39 is 0 Å². The van der Waals surface area contributed by atoms with Crippen LogP contribution in [0.3, 0.4) is 0 Å². The highest BCUT2D eigenvalue weighted by molar-refractivity contribution is 7.99. The van der Waals surface area contributed by atoms with Gasteiger partial charge in [-0.1, -0.05) is 18.2 Å². The molecule has 0 N–H and O–H groups in total. The van der Waals surface area contributed by atoms with Gasteiger partial charge in [0.2, 0.25) is 0 Å². The molecular formula is C18H29NO4S. The summed E-state index contributed by atoms with van der Waals surface area (Å²) < 4.78 is 22.9. The van der Waals surface area contributed by atoms with E-state index in [2.05, 4.69) is 24.1 Å². The first-order valence-corrected chi connectivity index (χ1v) is 9.70. The second-order valence-corrected chi connectivity index (χ2v) is 6.85. The Kier molecular flexibility index (Phi) is 10.2. The number of hydrogen-bond acceptors (Lipinski definition) is 6. The normalized spacial score (nSPS) is 22.3. The van der Waals surface area contributed by atoms with Gasteiger partial charge in [0.25, 0.3) is 0 Å². The van der Waals surface area contributed by atoms with Crippen LogP contribution in [0.4, 0.5) is 5.69 Å². The summed E-state index contributed by atoms with van der Waals surface area (Å²) in [6.45, 7) is 5.34. The fraction of sp³-hybridized carbons (Fsp3) is 0.667. The van der Waals surface area contributed by atoms with Crippen molar-refractivity contribution < 1.29 is 18.9 Å². The molecule has 6 heteroatoms. The SMILES string of the molecule is CN(CC1COCCOCCSCCOCCO1)c1ccccc1. The molecule has 5 nitrogen and oxygen atoms in total. The highest BCUT2D eigenvalue weighted by Gasteiger charge is 2.13. The van der Waals surface area contributed by atoms with Crippen molar-refractivity contribution in [3.8, 4) is 0 Å². The maximum absolute atomic E-state index is 5.97. The van der Waals surface area contributed by atoms with E-state index >= 15 is 0 Å². The van der Waals surface area contributed by atoms with Crippen molar-refractivity contribution in [2.45, 2.75) is 6.10 Å². The molecule has 1 heterocycles. The molecule has 0 aromatic heterocycles. The highest BCUT2D eigenvalue weighted by atomic mass is 32.2. The Hall–Kier alpha value is -0.790. The Bertz CT molecular complexity index is 405. The fourth-order valence-corrected chi connectivity index (χ4v) is 3.07. The number of nitrogens with zero attached hydrogens (tertiary/aromatic N) is 1. The summed E-state index contributed by atoms with van der Waals surface area (Å²) in [5.41, 5.74) is 1.17. The predicted octanol–water partition coefficient (Wildman–Crippen LogP) is 2.30. The molecule has 0 aliphatic carbocycles. The van der Waals surface area contributed by atoms with Gasteiger partial charge < -0.3 is 23.8 Å². The monoisotopic (exact) mass is 355 g/mol. The average Bonchev–Trinajstić information content (AvgIpc) is 2.62. The van der Waals surface area contributed by atoms with Crippen LogP contribution < -0.4 is 4.90 Å². The summed E-state index contributed by atoms with van der Waals surface area (Å²) in [5.74, 6) is 2.00. The zero-order chi connectivity index (χ0) is 16.9. The van der Waals surface area contributed by atoms with E-state index in [0.717, 1.165) is 31.3 Å². The Morgan fingerprint density at radius 3 is 2.33 bits per heavy atom. The lowest BCUT2D eigenvalue weighted by Gasteiger charge is -2.26. The number of para-hydroxylation sites is 1. The molecule has 136 valence electrons. The third-order valence-corrected chi connectivity index (χ3v) is 4.59. The van der Waals surface area contributed by atoms with Crippen molar-refractivity contribution in [1.29, 1.82) is 0 Å². The molecule has 1 saturated heterocycles. The van der Waals surface area contributed by atoms with Crippen molar-refractivity contribution in [3.05, 3.63) is 30.3 Å². The lowest BCUT2D eigenvalue weighted by atomic mass is 10.2. The van der Waals surface area contributed by atoms with Gasteiger partial charge in [-0.05, 0) is 12.1 Å². The van der Waals surface area contributed by atoms with E-state index in [9.17, 15) is 0 Å². The zero-order valence-corrected chi connectivity index (χ0v) is 15.3. The minimum Gasteiger partial charge on any atom is -0.378 e. The predicted molar refractivity (Wildman–Crippen MR) is 99.2 cm³/mol. The van der Waals surface area contributed by atoms with E-state index in [1.54, 1.807) is 0 Å². The summed E-state index contributed by atoms with van der Waals surface area (Å²) in [6.07, 6.45) is 0.0123. The van der Waals surface area contributed by atoms with Crippen LogP contribution in [0.5, 0.6) is 0 Å². The molecule has 1 aliphatic rings. The molecule has 0 bridgehead atoms. The molecule has 1 fully saturated rings. The second-order valence-electron chi connectivity index (χ2n) is 5.62. The van der Waals surface area contributed by atoms with Crippen LogP contribution in [0, 0.1) is 0 Å². The van der Waals surface area contributed by atoms with Crippen LogP contribution in [0.15, 0.2) is 30.3 Å². The topological polar surface area (TPSA) is 40.2 Å². The molecular weight excluding hydrogens is 326 g/mol. The molecule has 1 aliphatic heterocycles. The molecule has 1 aromatic carbocycles. The minimum atomic E-state index is 0.0123. The average molecular weight is 356 g/mol. The molecule has 1 atom stereocenters. The van der Waals surface area contributed by atoms with Gasteiger partial charge in [-0.3, -0.25) is 0 Å². The van der Waals surface area contributed by atoms with Gasteiger partial charge in [-0.2, -0.15) is 11.8 Å². The van der Waals surface area contributed by atoms with Gasteiger partial charge in [-0.25, -0.2) is 0 Å². The third kappa shape index (κ3) is 8.35. The lowest BCUT2D eigenvalue weighted by molar-refractivity contribution is -0.0414. The van der Waals surface area contributed by atoms with Crippen LogP contribution in [0.25, 0.3) is 0 Å². The first-order chi connectivity index (χ1) is 11.9. The number of thioether (sulfide) groups is 1. The molecule has 0 radical (unpaired) electrons. The standard InChI is InChI=1S/C18H29NO4S/c1-19(17-5-3-2-4-6-17)15-18-16-22-8-7-20-11-13-24-14-12-21-9-10-23-18/h2-6,18H,7-16H2,1H3. The number of anilines is 1. The zero-order valence-electron chi connectivity index (χ0n) is 14.5. The Balaban J connectivity index is 1.80. The summed E-state index contributed by atoms with van der Waals surface area (Å²) in [5, 5.41) is 0. The van der Waals surface area contributed by atoms with Gasteiger partial charge in [0.1, 0.15) is 0 Å². The van der Waals surface area contributed by atoms with Gasteiger partial charge in [0.05, 0.1) is 52.4 Å². The van der Waals surface area contributed by atoms with E-state index in [4.69, 9.17) is 18.9 Å². The maximum Gasteiger partial charge on any atom is 0.0983 e. The van der Waals surface area contributed by atoms with Gasteiger partial charge in [0, 0.05) is 30.8 Å². The van der Waals surface area contributed by atoms with Crippen molar-refractivity contribution in [2.24, 2.45) is 0 Å². The number of ether oxygens (including phenoxy) is 4. The Morgan fingerprint density at radius 1 is 0.917 bits per heavy atom. The van der Waals surface area contributed by atoms with Gasteiger partial charge in [0.15, 0.2) is 0 Å². The van der Waals surface area contributed by atoms with Crippen molar-refractivity contribution in [2.75, 3.05) is 76.2 Å². The smallest absolute Gasteiger partial charge is 0.0983 e. The van der Waals surface area contributed by atoms with Gasteiger partial charge in [-0.15, -0.1) is 0 Å². The Labute approximate surface area is 149 Å². The minimum absolute atomic E-state index is 0.0123. The van der Waals surface area contributed by atoms with Crippen LogP contribution in [0.2, 0.25) is 0 Å². The van der Waals surface area contributed by atoms with E-state index in [1.807, 2.05) is 30.0 Å². The van der Waals surface area contributed by atoms with Crippen LogP contribution in [-0.4, -0.2) is 77.5 Å². The van der Waals surface area contributed by atoms with Crippen LogP contribution >= 0.6 is 11.8 Å². The maximum atomic E-state index is 5.97. The summed E-state index contributed by atoms with van der Waals surface area (Å²) in [4.78, 5) is 2.19. The first kappa shape index (κ1) is 19.5. The van der Waals surface area contributed by atoms with E-state index in [1.165, 1.54) is 5.69 Å². The fourth-order valence-electron chi connectivity index (χ4n) is 2.40. The molecule has 1 aromatic rings. The quantitative estimate of drug-likeness (QED) is 0.829. The third-order valence-electron chi connectivity index (χ3n) is 3.68. The highest BCUT2D eigenvalue weighted by Crippen LogP contribution is 2.12. The molecule has 2 rings (SSSR count). The van der Waals surface area contributed by atoms with Crippen molar-refractivity contribution in [1.82, 2.24) is 0 Å². The number of hydrogen-bond donors (Lipinski definition) is 0. The van der Waals surface area contributed by atoms with E-state index in [-0.39, 0.29) is 6.10 Å². The number of rotatable bonds is 3. The molecule has 0 amide bonds. The van der Waals surface area contributed by atoms with E-state index in [0.29, 0.717) is 33.0 Å². The summed E-state index contributed by atoms with van der Waals surface area (Å²) in [7, 11) is 2.07. The summed E-state index contributed by atoms with van der Waals surface area (Å²) >= 11 is 1.85. The lowest BCUT2D eigenvalue weighted by Crippen LogP contribution is -2.35. The van der Waals surface area contributed by atoms with Gasteiger partial charge >= 0.3 is 0 Å². The first-order valence-electron chi connectivity index (χ1n) is 8.55. The number of likely N-dealkylation sites (N-methyl/N-ethyl adjacent to an activating group) is 1. The Morgan fingerprint density at radius 2 is 1.58 bits per heavy atom. The summed E-state index contributed by atoms with van der Waals surface area (Å²) in [6, 6.07) is 10.3. The molecule has 1 unspecified atom stereocenters. The van der Waals surface area contributed by atoms with Crippen molar-refractivity contribution in [3.63, 3.8) is 0 Å². The largest absolute Gasteiger partial charge is 0.378 e. The van der Waals surface area contributed by atoms with Crippen LogP contribution in [-0.2, 0) is 18.9 Å². The molecule has 24 heavy (non-hydrogen) atoms. The second kappa shape index (κ2) is 12.6.